The van der Waals surface area contributed by atoms with Crippen LogP contribution in [0.25, 0.3) is 10.8 Å². The van der Waals surface area contributed by atoms with Gasteiger partial charge in [0.25, 0.3) is 5.91 Å². The third-order valence-electron chi connectivity index (χ3n) is 3.63. The number of carbonyl (C=O) groups excluding carboxylic acids is 1. The Labute approximate surface area is 132 Å². The van der Waals surface area contributed by atoms with E-state index in [0.29, 0.717) is 5.56 Å². The number of aliphatic hydroxyl groups is 1. The van der Waals surface area contributed by atoms with Gasteiger partial charge in [-0.1, -0.05) is 54.6 Å². The SMILES string of the molecule is O=Nc1ccccc1C(O)NC(=O)c1cccc2ccccc12. The highest BCUT2D eigenvalue weighted by Crippen LogP contribution is 2.24. The number of nitrogens with zero attached hydrogens (tertiary/aromatic N) is 1. The van der Waals surface area contributed by atoms with E-state index in [0.717, 1.165) is 10.8 Å². The molecule has 0 radical (unpaired) electrons. The Morgan fingerprint density at radius 1 is 0.957 bits per heavy atom. The monoisotopic (exact) mass is 306 g/mol. The maximum atomic E-state index is 12.5. The zero-order valence-corrected chi connectivity index (χ0v) is 12.1. The lowest BCUT2D eigenvalue weighted by molar-refractivity contribution is 0.0786. The average molecular weight is 306 g/mol. The first-order chi connectivity index (χ1) is 11.2. The molecule has 114 valence electrons. The van der Waals surface area contributed by atoms with E-state index in [1.165, 1.54) is 6.07 Å². The van der Waals surface area contributed by atoms with E-state index in [1.807, 2.05) is 30.3 Å². The number of benzene rings is 3. The quantitative estimate of drug-likeness (QED) is 0.570. The Hall–Kier alpha value is -3.05. The molecule has 3 rings (SSSR count). The lowest BCUT2D eigenvalue weighted by Crippen LogP contribution is -2.28. The van der Waals surface area contributed by atoms with E-state index in [4.69, 9.17) is 0 Å². The number of aliphatic hydroxyl groups excluding tert-OH is 1. The largest absolute Gasteiger partial charge is 0.369 e. The molecule has 0 heterocycles. The minimum absolute atomic E-state index is 0.0956. The highest BCUT2D eigenvalue weighted by molar-refractivity contribution is 6.07. The number of hydrogen-bond acceptors (Lipinski definition) is 4. The van der Waals surface area contributed by atoms with Crippen LogP contribution in [-0.2, 0) is 0 Å². The summed E-state index contributed by atoms with van der Waals surface area (Å²) in [6.45, 7) is 0. The minimum Gasteiger partial charge on any atom is -0.369 e. The molecular weight excluding hydrogens is 292 g/mol. The number of carbonyl (C=O) groups is 1. The predicted molar refractivity (Wildman–Crippen MR) is 88.3 cm³/mol. The lowest BCUT2D eigenvalue weighted by Gasteiger charge is -2.15. The zero-order chi connectivity index (χ0) is 16.2. The molecule has 0 fully saturated rings. The van der Waals surface area contributed by atoms with Crippen molar-refractivity contribution < 1.29 is 9.90 Å². The smallest absolute Gasteiger partial charge is 0.254 e. The normalized spacial score (nSPS) is 11.9. The molecule has 0 spiro atoms. The number of nitrogens with one attached hydrogen (secondary N) is 1. The molecule has 5 nitrogen and oxygen atoms in total. The van der Waals surface area contributed by atoms with Gasteiger partial charge in [0.15, 0.2) is 6.23 Å². The molecule has 23 heavy (non-hydrogen) atoms. The van der Waals surface area contributed by atoms with Gasteiger partial charge in [0.05, 0.1) is 0 Å². The third-order valence-corrected chi connectivity index (χ3v) is 3.63. The Bertz CT molecular complexity index is 872. The van der Waals surface area contributed by atoms with E-state index >= 15 is 0 Å². The standard InChI is InChI=1S/C18H14N2O3/c21-17(14-10-5-7-12-6-1-2-8-13(12)14)19-18(22)15-9-3-4-11-16(15)20-23/h1-11,18,22H,(H,19,21). The van der Waals surface area contributed by atoms with Crippen LogP contribution in [0.5, 0.6) is 0 Å². The third kappa shape index (κ3) is 2.95. The molecule has 5 heteroatoms. The van der Waals surface area contributed by atoms with Crippen molar-refractivity contribution in [2.24, 2.45) is 5.18 Å². The van der Waals surface area contributed by atoms with Gasteiger partial charge in [-0.05, 0) is 28.1 Å². The summed E-state index contributed by atoms with van der Waals surface area (Å²) in [5.74, 6) is -0.421. The fraction of sp³-hybridized carbons (Fsp3) is 0.0556. The summed E-state index contributed by atoms with van der Waals surface area (Å²) >= 11 is 0. The van der Waals surface area contributed by atoms with Crippen molar-refractivity contribution in [3.05, 3.63) is 82.8 Å². The minimum atomic E-state index is -1.31. The van der Waals surface area contributed by atoms with Crippen molar-refractivity contribution in [2.45, 2.75) is 6.23 Å². The van der Waals surface area contributed by atoms with E-state index in [-0.39, 0.29) is 11.3 Å². The maximum Gasteiger partial charge on any atom is 0.254 e. The molecule has 3 aromatic carbocycles. The Morgan fingerprint density at radius 3 is 2.48 bits per heavy atom. The highest BCUT2D eigenvalue weighted by Gasteiger charge is 2.17. The maximum absolute atomic E-state index is 12.5. The molecule has 0 saturated carbocycles. The summed E-state index contributed by atoms with van der Waals surface area (Å²) in [6, 6.07) is 19.2. The molecule has 0 aliphatic carbocycles. The van der Waals surface area contributed by atoms with Crippen molar-refractivity contribution in [3.8, 4) is 0 Å². The lowest BCUT2D eigenvalue weighted by atomic mass is 10.0. The number of fused-ring (bicyclic) bond motifs is 1. The van der Waals surface area contributed by atoms with Gasteiger partial charge in [0.1, 0.15) is 5.69 Å². The summed E-state index contributed by atoms with van der Waals surface area (Å²) < 4.78 is 0. The van der Waals surface area contributed by atoms with Gasteiger partial charge in [0, 0.05) is 11.1 Å². The molecular formula is C18H14N2O3. The van der Waals surface area contributed by atoms with Crippen molar-refractivity contribution in [1.82, 2.24) is 5.32 Å². The molecule has 0 saturated heterocycles. The van der Waals surface area contributed by atoms with E-state index < -0.39 is 12.1 Å². The summed E-state index contributed by atoms with van der Waals surface area (Å²) in [6.07, 6.45) is -1.31. The summed E-state index contributed by atoms with van der Waals surface area (Å²) in [4.78, 5) is 23.3. The van der Waals surface area contributed by atoms with Crippen LogP contribution >= 0.6 is 0 Å². The van der Waals surface area contributed by atoms with Crippen molar-refractivity contribution >= 4 is 22.4 Å². The van der Waals surface area contributed by atoms with Gasteiger partial charge in [-0.3, -0.25) is 4.79 Å². The molecule has 3 aromatic rings. The van der Waals surface area contributed by atoms with Gasteiger partial charge in [0.2, 0.25) is 0 Å². The van der Waals surface area contributed by atoms with Gasteiger partial charge < -0.3 is 10.4 Å². The van der Waals surface area contributed by atoms with Crippen molar-refractivity contribution in [1.29, 1.82) is 0 Å². The number of rotatable bonds is 4. The Balaban J connectivity index is 1.90. The van der Waals surface area contributed by atoms with Gasteiger partial charge in [-0.15, -0.1) is 4.91 Å². The Kier molecular flexibility index (Phi) is 4.12. The summed E-state index contributed by atoms with van der Waals surface area (Å²) in [5.41, 5.74) is 0.813. The first-order valence-corrected chi connectivity index (χ1v) is 7.09. The van der Waals surface area contributed by atoms with Gasteiger partial charge >= 0.3 is 0 Å². The number of nitroso groups, excluding NO2 is 1. The first kappa shape index (κ1) is 14.9. The van der Waals surface area contributed by atoms with Crippen LogP contribution < -0.4 is 5.32 Å². The van der Waals surface area contributed by atoms with Crippen LogP contribution in [0, 0.1) is 4.91 Å². The molecule has 0 aliphatic rings. The Morgan fingerprint density at radius 2 is 1.65 bits per heavy atom. The van der Waals surface area contributed by atoms with Crippen LogP contribution in [0.15, 0.2) is 71.9 Å². The topological polar surface area (TPSA) is 78.8 Å². The van der Waals surface area contributed by atoms with Gasteiger partial charge in [-0.25, -0.2) is 0 Å². The molecule has 0 aromatic heterocycles. The van der Waals surface area contributed by atoms with Crippen LogP contribution in [0.3, 0.4) is 0 Å². The molecule has 1 amide bonds. The molecule has 0 bridgehead atoms. The number of hydrogen-bond donors (Lipinski definition) is 2. The zero-order valence-electron chi connectivity index (χ0n) is 12.1. The van der Waals surface area contributed by atoms with Crippen molar-refractivity contribution in [2.75, 3.05) is 0 Å². The highest BCUT2D eigenvalue weighted by atomic mass is 16.3. The summed E-state index contributed by atoms with van der Waals surface area (Å²) in [7, 11) is 0. The van der Waals surface area contributed by atoms with Crippen LogP contribution in [0.4, 0.5) is 5.69 Å². The second-order valence-electron chi connectivity index (χ2n) is 5.05. The number of amides is 1. The first-order valence-electron chi connectivity index (χ1n) is 7.09. The molecule has 2 N–H and O–H groups in total. The predicted octanol–water partition coefficient (Wildman–Crippen LogP) is 3.66. The summed E-state index contributed by atoms with van der Waals surface area (Å²) in [5, 5.41) is 17.3. The van der Waals surface area contributed by atoms with Crippen molar-refractivity contribution in [3.63, 3.8) is 0 Å². The molecule has 1 atom stereocenters. The van der Waals surface area contributed by atoms with E-state index in [1.54, 1.807) is 30.3 Å². The average Bonchev–Trinajstić information content (AvgIpc) is 2.61. The molecule has 0 aliphatic heterocycles. The molecule has 1 unspecified atom stereocenters. The van der Waals surface area contributed by atoms with Crippen LogP contribution in [0.1, 0.15) is 22.1 Å². The van der Waals surface area contributed by atoms with Crippen LogP contribution in [0.2, 0.25) is 0 Å². The second-order valence-corrected chi connectivity index (χ2v) is 5.05. The fourth-order valence-corrected chi connectivity index (χ4v) is 2.50. The van der Waals surface area contributed by atoms with E-state index in [2.05, 4.69) is 10.5 Å². The van der Waals surface area contributed by atoms with E-state index in [9.17, 15) is 14.8 Å². The van der Waals surface area contributed by atoms with Gasteiger partial charge in [-0.2, -0.15) is 0 Å². The second kappa shape index (κ2) is 6.37. The van der Waals surface area contributed by atoms with Crippen LogP contribution in [-0.4, -0.2) is 11.0 Å². The fourth-order valence-electron chi connectivity index (χ4n) is 2.50.